The van der Waals surface area contributed by atoms with Gasteiger partial charge in [-0.3, -0.25) is 0 Å². The van der Waals surface area contributed by atoms with Gasteiger partial charge >= 0.3 is 0 Å². The number of amidine groups is 1. The van der Waals surface area contributed by atoms with Gasteiger partial charge in [0.15, 0.2) is 5.84 Å². The average molecular weight is 420 g/mol. The summed E-state index contributed by atoms with van der Waals surface area (Å²) in [6.45, 7) is 7.40. The van der Waals surface area contributed by atoms with Gasteiger partial charge in [-0.25, -0.2) is 8.78 Å². The van der Waals surface area contributed by atoms with Crippen molar-refractivity contribution in [3.8, 4) is 0 Å². The number of nitrogens with zero attached hydrogens (tertiary/aromatic N) is 2. The van der Waals surface area contributed by atoms with Gasteiger partial charge < -0.3 is 20.2 Å². The maximum atomic E-state index is 14.4. The molecular formula is C15H20BrF2N3O2Si. The summed E-state index contributed by atoms with van der Waals surface area (Å²) in [4.78, 5) is 0. The van der Waals surface area contributed by atoms with Crippen molar-refractivity contribution in [3.63, 3.8) is 0 Å². The van der Waals surface area contributed by atoms with E-state index in [1.54, 1.807) is 4.57 Å². The molecule has 5 nitrogen and oxygen atoms in total. The number of rotatable bonds is 6. The van der Waals surface area contributed by atoms with E-state index < -0.39 is 19.7 Å². The minimum atomic E-state index is -1.23. The van der Waals surface area contributed by atoms with E-state index in [1.165, 1.54) is 12.3 Å². The lowest BCUT2D eigenvalue weighted by Gasteiger charge is -2.15. The Labute approximate surface area is 148 Å². The van der Waals surface area contributed by atoms with Crippen LogP contribution in [0.4, 0.5) is 8.78 Å². The van der Waals surface area contributed by atoms with Crippen molar-refractivity contribution >= 4 is 40.7 Å². The number of fused-ring (bicyclic) bond motifs is 1. The first-order valence-electron chi connectivity index (χ1n) is 7.37. The third-order valence-corrected chi connectivity index (χ3v) is 6.05. The van der Waals surface area contributed by atoms with Gasteiger partial charge in [0.1, 0.15) is 18.4 Å². The maximum Gasteiger partial charge on any atom is 0.172 e. The highest BCUT2D eigenvalue weighted by molar-refractivity contribution is 9.10. The van der Waals surface area contributed by atoms with Gasteiger partial charge in [-0.2, -0.15) is 0 Å². The summed E-state index contributed by atoms with van der Waals surface area (Å²) >= 11 is 2.87. The highest BCUT2D eigenvalue weighted by Crippen LogP contribution is 2.31. The molecule has 0 bridgehead atoms. The van der Waals surface area contributed by atoms with E-state index in [-0.39, 0.29) is 33.5 Å². The predicted molar refractivity (Wildman–Crippen MR) is 96.2 cm³/mol. The van der Waals surface area contributed by atoms with Crippen LogP contribution in [-0.4, -0.2) is 30.3 Å². The molecule has 132 valence electrons. The third-order valence-electron chi connectivity index (χ3n) is 3.62. The van der Waals surface area contributed by atoms with Gasteiger partial charge in [-0.05, 0) is 28.0 Å². The Hall–Kier alpha value is -1.45. The number of hydrogen-bond acceptors (Lipinski definition) is 3. The first-order chi connectivity index (χ1) is 11.2. The molecule has 2 rings (SSSR count). The highest BCUT2D eigenvalue weighted by atomic mass is 79.9. The second-order valence-electron chi connectivity index (χ2n) is 6.73. The Morgan fingerprint density at radius 2 is 2.08 bits per heavy atom. The Balaban J connectivity index is 2.40. The van der Waals surface area contributed by atoms with Crippen LogP contribution in [0.15, 0.2) is 21.9 Å². The van der Waals surface area contributed by atoms with Crippen LogP contribution in [0.1, 0.15) is 5.56 Å². The van der Waals surface area contributed by atoms with E-state index in [4.69, 9.17) is 15.7 Å². The quantitative estimate of drug-likeness (QED) is 0.141. The van der Waals surface area contributed by atoms with Crippen LogP contribution >= 0.6 is 15.9 Å². The second kappa shape index (κ2) is 7.20. The predicted octanol–water partition coefficient (Wildman–Crippen LogP) is 4.09. The van der Waals surface area contributed by atoms with E-state index in [0.717, 1.165) is 6.04 Å². The summed E-state index contributed by atoms with van der Waals surface area (Å²) in [6.07, 6.45) is 1.49. The Kier molecular flexibility index (Phi) is 5.66. The lowest BCUT2D eigenvalue weighted by molar-refractivity contribution is 0.0902. The Bertz CT molecular complexity index is 787. The van der Waals surface area contributed by atoms with Crippen LogP contribution in [0.3, 0.4) is 0 Å². The number of oxime groups is 1. The molecular weight excluding hydrogens is 400 g/mol. The van der Waals surface area contributed by atoms with Crippen LogP contribution in [0.5, 0.6) is 0 Å². The van der Waals surface area contributed by atoms with Crippen LogP contribution in [0.2, 0.25) is 25.7 Å². The highest BCUT2D eigenvalue weighted by Gasteiger charge is 2.21. The summed E-state index contributed by atoms with van der Waals surface area (Å²) in [5, 5.41) is 11.9. The lowest BCUT2D eigenvalue weighted by atomic mass is 10.1. The fraction of sp³-hybridized carbons (Fsp3) is 0.400. The van der Waals surface area contributed by atoms with E-state index >= 15 is 0 Å². The third kappa shape index (κ3) is 3.96. The van der Waals surface area contributed by atoms with Crippen molar-refractivity contribution in [3.05, 3.63) is 33.9 Å². The van der Waals surface area contributed by atoms with E-state index in [0.29, 0.717) is 6.61 Å². The van der Waals surface area contributed by atoms with Crippen molar-refractivity contribution in [2.24, 2.45) is 10.9 Å². The van der Waals surface area contributed by atoms with Gasteiger partial charge in [0.2, 0.25) is 0 Å². The summed E-state index contributed by atoms with van der Waals surface area (Å²) in [6, 6.07) is 2.17. The standard InChI is InChI=1S/C15H20BrF2N3O2Si/c1-24(2,3)5-4-23-8-21-7-9(15(19)20-22)12-11(21)6-10(17)13(16)14(12)18/h6-7,22H,4-5,8H2,1-3H3,(H2,19,20). The van der Waals surface area contributed by atoms with Crippen molar-refractivity contribution < 1.29 is 18.7 Å². The first kappa shape index (κ1) is 18.9. The summed E-state index contributed by atoms with van der Waals surface area (Å²) in [5.74, 6) is -1.78. The molecule has 1 heterocycles. The summed E-state index contributed by atoms with van der Waals surface area (Å²) < 4.78 is 35.2. The first-order valence-corrected chi connectivity index (χ1v) is 11.9. The minimum Gasteiger partial charge on any atom is -0.409 e. The molecule has 0 unspecified atom stereocenters. The molecule has 0 radical (unpaired) electrons. The number of nitrogens with two attached hydrogens (primary N) is 1. The van der Waals surface area contributed by atoms with E-state index in [9.17, 15) is 8.78 Å². The van der Waals surface area contributed by atoms with Gasteiger partial charge in [0.05, 0.1) is 9.99 Å². The fourth-order valence-corrected chi connectivity index (χ4v) is 3.32. The van der Waals surface area contributed by atoms with Gasteiger partial charge in [0, 0.05) is 31.8 Å². The Morgan fingerprint density at radius 1 is 1.42 bits per heavy atom. The molecule has 0 aliphatic rings. The molecule has 3 N–H and O–H groups in total. The second-order valence-corrected chi connectivity index (χ2v) is 13.1. The topological polar surface area (TPSA) is 72.8 Å². The van der Waals surface area contributed by atoms with Crippen LogP contribution < -0.4 is 5.73 Å². The van der Waals surface area contributed by atoms with Crippen molar-refractivity contribution in [2.75, 3.05) is 6.61 Å². The van der Waals surface area contributed by atoms with Crippen molar-refractivity contribution in [2.45, 2.75) is 32.4 Å². The molecule has 0 saturated heterocycles. The summed E-state index contributed by atoms with van der Waals surface area (Å²) in [7, 11) is -1.23. The van der Waals surface area contributed by atoms with Crippen LogP contribution in [0, 0.1) is 11.6 Å². The Morgan fingerprint density at radius 3 is 2.67 bits per heavy atom. The number of benzene rings is 1. The SMILES string of the molecule is C[Si](C)(C)CCOCn1cc(/C(N)=N/O)c2c(F)c(Br)c(F)cc21. The molecule has 9 heteroatoms. The van der Waals surface area contributed by atoms with Gasteiger partial charge in [-0.15, -0.1) is 0 Å². The zero-order chi connectivity index (χ0) is 18.1. The zero-order valence-corrected chi connectivity index (χ0v) is 16.3. The van der Waals surface area contributed by atoms with Gasteiger partial charge in [-0.1, -0.05) is 24.8 Å². The molecule has 0 atom stereocenters. The van der Waals surface area contributed by atoms with Gasteiger partial charge in [0.25, 0.3) is 0 Å². The number of halogens is 3. The maximum absolute atomic E-state index is 14.4. The smallest absolute Gasteiger partial charge is 0.172 e. The normalized spacial score (nSPS) is 13.0. The molecule has 0 saturated carbocycles. The molecule has 1 aromatic carbocycles. The number of aromatic nitrogens is 1. The zero-order valence-electron chi connectivity index (χ0n) is 13.7. The van der Waals surface area contributed by atoms with E-state index in [1.807, 2.05) is 0 Å². The fourth-order valence-electron chi connectivity index (χ4n) is 2.25. The minimum absolute atomic E-state index is 0.0763. The molecule has 24 heavy (non-hydrogen) atoms. The van der Waals surface area contributed by atoms with Crippen molar-refractivity contribution in [1.82, 2.24) is 4.57 Å². The van der Waals surface area contributed by atoms with E-state index in [2.05, 4.69) is 40.7 Å². The molecule has 0 amide bonds. The number of ether oxygens (including phenoxy) is 1. The summed E-state index contributed by atoms with van der Waals surface area (Å²) in [5.41, 5.74) is 6.08. The molecule has 0 fully saturated rings. The van der Waals surface area contributed by atoms with Crippen LogP contribution in [-0.2, 0) is 11.5 Å². The van der Waals surface area contributed by atoms with Crippen LogP contribution in [0.25, 0.3) is 10.9 Å². The average Bonchev–Trinajstić information content (AvgIpc) is 2.86. The molecule has 0 aliphatic carbocycles. The number of hydrogen-bond donors (Lipinski definition) is 2. The molecule has 2 aromatic rings. The largest absolute Gasteiger partial charge is 0.409 e. The lowest BCUT2D eigenvalue weighted by Crippen LogP contribution is -2.22. The molecule has 0 aliphatic heterocycles. The molecule has 1 aromatic heterocycles. The van der Waals surface area contributed by atoms with Crippen molar-refractivity contribution in [1.29, 1.82) is 0 Å². The molecule has 0 spiro atoms. The monoisotopic (exact) mass is 419 g/mol.